The molecule has 2 aromatic rings. The van der Waals surface area contributed by atoms with Gasteiger partial charge in [0.15, 0.2) is 5.82 Å². The molecule has 5 nitrogen and oxygen atoms in total. The Hall–Kier alpha value is -1.59. The quantitative estimate of drug-likeness (QED) is 0.865. The number of methoxy groups -OCH3 is 1. The molecule has 0 radical (unpaired) electrons. The van der Waals surface area contributed by atoms with Gasteiger partial charge in [-0.05, 0) is 17.7 Å². The minimum absolute atomic E-state index is 0.333. The number of hydrogen-bond acceptors (Lipinski definition) is 4. The van der Waals surface area contributed by atoms with Crippen molar-refractivity contribution in [1.29, 1.82) is 0 Å². The minimum Gasteiger partial charge on any atom is -0.495 e. The van der Waals surface area contributed by atoms with Gasteiger partial charge in [-0.1, -0.05) is 17.7 Å². The van der Waals surface area contributed by atoms with Gasteiger partial charge in [-0.3, -0.25) is 5.10 Å². The third kappa shape index (κ3) is 2.75. The summed E-state index contributed by atoms with van der Waals surface area (Å²) in [6.07, 6.45) is 0.636. The number of nitrogens with one attached hydrogen (secondary N) is 1. The molecule has 1 aromatic heterocycles. The molecule has 0 spiro atoms. The number of aromatic amines is 1. The molecule has 0 aliphatic heterocycles. The summed E-state index contributed by atoms with van der Waals surface area (Å²) < 4.78 is 5.09. The van der Waals surface area contributed by atoms with Gasteiger partial charge in [0.25, 0.3) is 0 Å². The van der Waals surface area contributed by atoms with Crippen LogP contribution in [0.5, 0.6) is 5.75 Å². The first-order chi connectivity index (χ1) is 8.22. The maximum absolute atomic E-state index is 6.04. The van der Waals surface area contributed by atoms with Crippen molar-refractivity contribution in [2.45, 2.75) is 13.0 Å². The highest BCUT2D eigenvalue weighted by Gasteiger charge is 2.05. The zero-order valence-corrected chi connectivity index (χ0v) is 10.2. The number of ether oxygens (including phenoxy) is 1. The number of hydrogen-bond donors (Lipinski definition) is 2. The molecule has 3 N–H and O–H groups in total. The van der Waals surface area contributed by atoms with Crippen LogP contribution in [0.15, 0.2) is 18.2 Å². The van der Waals surface area contributed by atoms with Gasteiger partial charge in [0, 0.05) is 6.42 Å². The highest BCUT2D eigenvalue weighted by Crippen LogP contribution is 2.25. The normalized spacial score (nSPS) is 10.5. The first-order valence-corrected chi connectivity index (χ1v) is 5.53. The van der Waals surface area contributed by atoms with Crippen molar-refractivity contribution in [2.24, 2.45) is 5.73 Å². The number of H-pyrrole nitrogens is 1. The second kappa shape index (κ2) is 5.16. The zero-order chi connectivity index (χ0) is 12.3. The molecule has 0 bridgehead atoms. The first kappa shape index (κ1) is 11.9. The van der Waals surface area contributed by atoms with E-state index in [0.29, 0.717) is 29.6 Å². The summed E-state index contributed by atoms with van der Waals surface area (Å²) in [5.41, 5.74) is 6.47. The summed E-state index contributed by atoms with van der Waals surface area (Å²) in [6.45, 7) is 0.333. The van der Waals surface area contributed by atoms with Crippen LogP contribution in [0.3, 0.4) is 0 Å². The summed E-state index contributed by atoms with van der Waals surface area (Å²) in [5.74, 6) is 2.04. The maximum Gasteiger partial charge on any atom is 0.164 e. The molecule has 0 fully saturated rings. The van der Waals surface area contributed by atoms with Crippen LogP contribution in [0, 0.1) is 0 Å². The van der Waals surface area contributed by atoms with Crippen LogP contribution in [0.4, 0.5) is 0 Å². The SMILES string of the molecule is COc1ccc(Cc2nc(CN)n[nH]2)cc1Cl. The summed E-state index contributed by atoms with van der Waals surface area (Å²) in [6, 6.07) is 5.62. The van der Waals surface area contributed by atoms with E-state index in [-0.39, 0.29) is 0 Å². The molecular formula is C11H13ClN4O. The van der Waals surface area contributed by atoms with Crippen molar-refractivity contribution < 1.29 is 4.74 Å². The molecule has 1 heterocycles. The molecule has 0 aliphatic rings. The molecule has 17 heavy (non-hydrogen) atoms. The molecule has 6 heteroatoms. The van der Waals surface area contributed by atoms with Gasteiger partial charge in [0.05, 0.1) is 18.7 Å². The van der Waals surface area contributed by atoms with E-state index in [0.717, 1.165) is 11.4 Å². The van der Waals surface area contributed by atoms with Crippen LogP contribution >= 0.6 is 11.6 Å². The molecule has 0 aliphatic carbocycles. The van der Waals surface area contributed by atoms with Gasteiger partial charge in [0.2, 0.25) is 0 Å². The fourth-order valence-corrected chi connectivity index (χ4v) is 1.80. The molecule has 0 saturated heterocycles. The van der Waals surface area contributed by atoms with E-state index in [4.69, 9.17) is 22.1 Å². The number of nitrogens with two attached hydrogens (primary N) is 1. The number of nitrogens with zero attached hydrogens (tertiary/aromatic N) is 2. The van der Waals surface area contributed by atoms with Crippen LogP contribution in [0.1, 0.15) is 17.2 Å². The minimum atomic E-state index is 0.333. The Labute approximate surface area is 104 Å². The molecule has 90 valence electrons. The first-order valence-electron chi connectivity index (χ1n) is 5.15. The summed E-state index contributed by atoms with van der Waals surface area (Å²) in [4.78, 5) is 4.23. The van der Waals surface area contributed by atoms with Crippen LogP contribution in [-0.4, -0.2) is 22.3 Å². The van der Waals surface area contributed by atoms with Crippen molar-refractivity contribution >= 4 is 11.6 Å². The highest BCUT2D eigenvalue weighted by molar-refractivity contribution is 6.32. The number of aromatic nitrogens is 3. The van der Waals surface area contributed by atoms with Crippen molar-refractivity contribution in [3.05, 3.63) is 40.4 Å². The Kier molecular flexibility index (Phi) is 3.61. The smallest absolute Gasteiger partial charge is 0.164 e. The standard InChI is InChI=1S/C11H13ClN4O/c1-17-9-3-2-7(4-8(9)12)5-10-14-11(6-13)16-15-10/h2-4H,5-6,13H2,1H3,(H,14,15,16). The van der Waals surface area contributed by atoms with E-state index in [9.17, 15) is 0 Å². The lowest BCUT2D eigenvalue weighted by Gasteiger charge is -2.04. The lowest BCUT2D eigenvalue weighted by atomic mass is 10.1. The molecule has 1 aromatic carbocycles. The van der Waals surface area contributed by atoms with E-state index in [1.165, 1.54) is 0 Å². The monoisotopic (exact) mass is 252 g/mol. The molecular weight excluding hydrogens is 240 g/mol. The second-order valence-electron chi connectivity index (χ2n) is 3.55. The van der Waals surface area contributed by atoms with Gasteiger partial charge in [-0.15, -0.1) is 0 Å². The molecule has 0 saturated carbocycles. The van der Waals surface area contributed by atoms with Gasteiger partial charge in [0.1, 0.15) is 11.6 Å². The molecule has 0 amide bonds. The predicted molar refractivity (Wildman–Crippen MR) is 65.1 cm³/mol. The molecule has 2 rings (SSSR count). The summed E-state index contributed by atoms with van der Waals surface area (Å²) in [7, 11) is 1.59. The van der Waals surface area contributed by atoms with E-state index in [1.807, 2.05) is 18.2 Å². The lowest BCUT2D eigenvalue weighted by molar-refractivity contribution is 0.415. The second-order valence-corrected chi connectivity index (χ2v) is 3.96. The van der Waals surface area contributed by atoms with Crippen LogP contribution < -0.4 is 10.5 Å². The Morgan fingerprint density at radius 1 is 1.47 bits per heavy atom. The lowest BCUT2D eigenvalue weighted by Crippen LogP contribution is -1.98. The van der Waals surface area contributed by atoms with Crippen LogP contribution in [0.25, 0.3) is 0 Å². The number of halogens is 1. The highest BCUT2D eigenvalue weighted by atomic mass is 35.5. The van der Waals surface area contributed by atoms with Crippen molar-refractivity contribution in [2.75, 3.05) is 7.11 Å². The van der Waals surface area contributed by atoms with Gasteiger partial charge in [-0.25, -0.2) is 4.98 Å². The Balaban J connectivity index is 2.15. The maximum atomic E-state index is 6.04. The average molecular weight is 253 g/mol. The summed E-state index contributed by atoms with van der Waals surface area (Å²) in [5, 5.41) is 7.39. The van der Waals surface area contributed by atoms with Crippen LogP contribution in [-0.2, 0) is 13.0 Å². The van der Waals surface area contributed by atoms with E-state index >= 15 is 0 Å². The van der Waals surface area contributed by atoms with Gasteiger partial charge in [-0.2, -0.15) is 5.10 Å². The van der Waals surface area contributed by atoms with Crippen molar-refractivity contribution in [3.63, 3.8) is 0 Å². The third-order valence-electron chi connectivity index (χ3n) is 2.35. The zero-order valence-electron chi connectivity index (χ0n) is 9.40. The Bertz CT molecular complexity index is 512. The fraction of sp³-hybridized carbons (Fsp3) is 0.273. The van der Waals surface area contributed by atoms with Gasteiger partial charge >= 0.3 is 0 Å². The van der Waals surface area contributed by atoms with E-state index < -0.39 is 0 Å². The fourth-order valence-electron chi connectivity index (χ4n) is 1.52. The largest absolute Gasteiger partial charge is 0.495 e. The molecule has 0 atom stereocenters. The predicted octanol–water partition coefficient (Wildman–Crippen LogP) is 1.52. The third-order valence-corrected chi connectivity index (χ3v) is 2.64. The topological polar surface area (TPSA) is 76.8 Å². The van der Waals surface area contributed by atoms with E-state index in [1.54, 1.807) is 7.11 Å². The van der Waals surface area contributed by atoms with Gasteiger partial charge < -0.3 is 10.5 Å². The average Bonchev–Trinajstić information content (AvgIpc) is 2.77. The summed E-state index contributed by atoms with van der Waals surface area (Å²) >= 11 is 6.04. The molecule has 0 unspecified atom stereocenters. The van der Waals surface area contributed by atoms with Crippen LogP contribution in [0.2, 0.25) is 5.02 Å². The Morgan fingerprint density at radius 3 is 2.88 bits per heavy atom. The van der Waals surface area contributed by atoms with E-state index in [2.05, 4.69) is 15.2 Å². The number of rotatable bonds is 4. The Morgan fingerprint density at radius 2 is 2.29 bits per heavy atom. The van der Waals surface area contributed by atoms with Crippen molar-refractivity contribution in [1.82, 2.24) is 15.2 Å². The van der Waals surface area contributed by atoms with Crippen molar-refractivity contribution in [3.8, 4) is 5.75 Å². The number of benzene rings is 1.